The first kappa shape index (κ1) is 9.09. The average molecular weight is 154 g/mol. The highest BCUT2D eigenvalue weighted by atomic mass is 14.4. The Hall–Kier alpha value is 0. The van der Waals surface area contributed by atoms with Crippen LogP contribution in [0.4, 0.5) is 0 Å². The summed E-state index contributed by atoms with van der Waals surface area (Å²) in [6, 6.07) is 0. The van der Waals surface area contributed by atoms with Crippen molar-refractivity contribution in [3.05, 3.63) is 0 Å². The van der Waals surface area contributed by atoms with Crippen LogP contribution in [0.1, 0.15) is 53.4 Å². The molecule has 0 radical (unpaired) electrons. The Morgan fingerprint density at radius 3 is 2.27 bits per heavy atom. The zero-order valence-electron chi connectivity index (χ0n) is 8.48. The zero-order chi connectivity index (χ0) is 8.48. The zero-order valence-corrected chi connectivity index (χ0v) is 8.48. The Morgan fingerprint density at radius 2 is 1.91 bits per heavy atom. The van der Waals surface area contributed by atoms with Gasteiger partial charge in [0.2, 0.25) is 0 Å². The standard InChI is InChI=1S/C11H22/c1-5-10-7-11(4,8-10)6-9(2)3/h9-10H,5-8H2,1-4H3. The van der Waals surface area contributed by atoms with Crippen molar-refractivity contribution in [2.75, 3.05) is 0 Å². The molecular weight excluding hydrogens is 132 g/mol. The molecule has 0 aliphatic heterocycles. The number of hydrogen-bond donors (Lipinski definition) is 0. The monoisotopic (exact) mass is 154 g/mol. The third-order valence-electron chi connectivity index (χ3n) is 3.04. The van der Waals surface area contributed by atoms with Crippen molar-refractivity contribution in [2.45, 2.75) is 53.4 Å². The van der Waals surface area contributed by atoms with Gasteiger partial charge in [-0.05, 0) is 36.5 Å². The third kappa shape index (κ3) is 2.21. The predicted octanol–water partition coefficient (Wildman–Crippen LogP) is 3.86. The van der Waals surface area contributed by atoms with Gasteiger partial charge in [0.25, 0.3) is 0 Å². The molecule has 0 bridgehead atoms. The summed E-state index contributed by atoms with van der Waals surface area (Å²) in [5.41, 5.74) is 0.717. The molecule has 0 nitrogen and oxygen atoms in total. The first-order valence-corrected chi connectivity index (χ1v) is 5.06. The summed E-state index contributed by atoms with van der Waals surface area (Å²) in [6.07, 6.45) is 5.81. The molecule has 0 atom stereocenters. The first-order chi connectivity index (χ1) is 5.06. The second-order valence-corrected chi connectivity index (χ2v) is 5.09. The maximum atomic E-state index is 2.46. The Labute approximate surface area is 71.4 Å². The van der Waals surface area contributed by atoms with Crippen molar-refractivity contribution in [3.63, 3.8) is 0 Å². The summed E-state index contributed by atoms with van der Waals surface area (Å²) in [6.45, 7) is 9.45. The van der Waals surface area contributed by atoms with Crippen molar-refractivity contribution >= 4 is 0 Å². The van der Waals surface area contributed by atoms with E-state index in [0.717, 1.165) is 17.3 Å². The minimum Gasteiger partial charge on any atom is -0.0651 e. The average Bonchev–Trinajstić information content (AvgIpc) is 1.80. The molecule has 0 heterocycles. The van der Waals surface area contributed by atoms with E-state index in [-0.39, 0.29) is 0 Å². The van der Waals surface area contributed by atoms with Crippen molar-refractivity contribution in [1.82, 2.24) is 0 Å². The van der Waals surface area contributed by atoms with Gasteiger partial charge in [-0.15, -0.1) is 0 Å². The van der Waals surface area contributed by atoms with E-state index in [1.807, 2.05) is 0 Å². The molecule has 11 heavy (non-hydrogen) atoms. The SMILES string of the molecule is CCC1CC(C)(CC(C)C)C1. The van der Waals surface area contributed by atoms with Crippen LogP contribution in [0, 0.1) is 17.3 Å². The lowest BCUT2D eigenvalue weighted by atomic mass is 9.59. The highest BCUT2D eigenvalue weighted by Crippen LogP contribution is 2.50. The second-order valence-electron chi connectivity index (χ2n) is 5.09. The molecule has 0 unspecified atom stereocenters. The van der Waals surface area contributed by atoms with E-state index in [1.165, 1.54) is 25.7 Å². The molecule has 0 aromatic heterocycles. The van der Waals surface area contributed by atoms with E-state index >= 15 is 0 Å². The number of rotatable bonds is 3. The lowest BCUT2D eigenvalue weighted by Crippen LogP contribution is -2.35. The molecule has 1 rings (SSSR count). The van der Waals surface area contributed by atoms with Crippen molar-refractivity contribution < 1.29 is 0 Å². The summed E-state index contributed by atoms with van der Waals surface area (Å²) in [5.74, 6) is 1.94. The van der Waals surface area contributed by atoms with Crippen molar-refractivity contribution in [1.29, 1.82) is 0 Å². The fraction of sp³-hybridized carbons (Fsp3) is 1.00. The molecule has 1 aliphatic rings. The Balaban J connectivity index is 2.25. The maximum absolute atomic E-state index is 2.46. The van der Waals surface area contributed by atoms with Gasteiger partial charge in [-0.2, -0.15) is 0 Å². The molecule has 1 fully saturated rings. The normalized spacial score (nSPS) is 37.4. The van der Waals surface area contributed by atoms with Crippen LogP contribution >= 0.6 is 0 Å². The van der Waals surface area contributed by atoms with Gasteiger partial charge in [-0.25, -0.2) is 0 Å². The molecule has 0 saturated heterocycles. The van der Waals surface area contributed by atoms with Gasteiger partial charge in [0.1, 0.15) is 0 Å². The van der Waals surface area contributed by atoms with Gasteiger partial charge < -0.3 is 0 Å². The minimum atomic E-state index is 0.717. The lowest BCUT2D eigenvalue weighted by Gasteiger charge is -2.46. The van der Waals surface area contributed by atoms with Crippen LogP contribution in [0.5, 0.6) is 0 Å². The Morgan fingerprint density at radius 1 is 1.36 bits per heavy atom. The van der Waals surface area contributed by atoms with Crippen LogP contribution in [0.25, 0.3) is 0 Å². The molecule has 0 spiro atoms. The van der Waals surface area contributed by atoms with Gasteiger partial charge >= 0.3 is 0 Å². The van der Waals surface area contributed by atoms with Crippen molar-refractivity contribution in [2.24, 2.45) is 17.3 Å². The molecule has 1 saturated carbocycles. The summed E-state index contributed by atoms with van der Waals surface area (Å²) in [4.78, 5) is 0. The molecular formula is C11H22. The summed E-state index contributed by atoms with van der Waals surface area (Å²) in [7, 11) is 0. The highest BCUT2D eigenvalue weighted by molar-refractivity contribution is 4.89. The molecule has 0 aromatic rings. The fourth-order valence-corrected chi connectivity index (χ4v) is 2.78. The second kappa shape index (κ2) is 3.16. The molecule has 0 aromatic carbocycles. The summed E-state index contributed by atoms with van der Waals surface area (Å²) in [5, 5.41) is 0. The van der Waals surface area contributed by atoms with Gasteiger partial charge in [-0.1, -0.05) is 34.1 Å². The first-order valence-electron chi connectivity index (χ1n) is 5.06. The molecule has 0 N–H and O–H groups in total. The third-order valence-corrected chi connectivity index (χ3v) is 3.04. The van der Waals surface area contributed by atoms with E-state index < -0.39 is 0 Å². The summed E-state index contributed by atoms with van der Waals surface area (Å²) >= 11 is 0. The van der Waals surface area contributed by atoms with Gasteiger partial charge in [-0.3, -0.25) is 0 Å². The lowest BCUT2D eigenvalue weighted by molar-refractivity contribution is 0.0495. The number of hydrogen-bond acceptors (Lipinski definition) is 0. The van der Waals surface area contributed by atoms with Gasteiger partial charge in [0, 0.05) is 0 Å². The van der Waals surface area contributed by atoms with E-state index in [0.29, 0.717) is 0 Å². The largest absolute Gasteiger partial charge is 0.0651 e. The van der Waals surface area contributed by atoms with Crippen LogP contribution in [0.2, 0.25) is 0 Å². The van der Waals surface area contributed by atoms with Gasteiger partial charge in [0.05, 0.1) is 0 Å². The van der Waals surface area contributed by atoms with Crippen LogP contribution in [-0.4, -0.2) is 0 Å². The topological polar surface area (TPSA) is 0 Å². The Kier molecular flexibility index (Phi) is 2.61. The fourth-order valence-electron chi connectivity index (χ4n) is 2.78. The van der Waals surface area contributed by atoms with E-state index in [2.05, 4.69) is 27.7 Å². The highest BCUT2D eigenvalue weighted by Gasteiger charge is 2.38. The van der Waals surface area contributed by atoms with E-state index in [4.69, 9.17) is 0 Å². The molecule has 0 heteroatoms. The minimum absolute atomic E-state index is 0.717. The van der Waals surface area contributed by atoms with E-state index in [1.54, 1.807) is 0 Å². The van der Waals surface area contributed by atoms with E-state index in [9.17, 15) is 0 Å². The molecule has 0 amide bonds. The molecule has 1 aliphatic carbocycles. The Bertz CT molecular complexity index is 118. The van der Waals surface area contributed by atoms with Crippen LogP contribution in [-0.2, 0) is 0 Å². The van der Waals surface area contributed by atoms with Gasteiger partial charge in [0.15, 0.2) is 0 Å². The van der Waals surface area contributed by atoms with Crippen LogP contribution in [0.15, 0.2) is 0 Å². The van der Waals surface area contributed by atoms with Crippen molar-refractivity contribution in [3.8, 4) is 0 Å². The van der Waals surface area contributed by atoms with Crippen LogP contribution < -0.4 is 0 Å². The smallest absolute Gasteiger partial charge is 0.0318 e. The predicted molar refractivity (Wildman–Crippen MR) is 50.6 cm³/mol. The molecule has 66 valence electrons. The maximum Gasteiger partial charge on any atom is -0.0318 e. The van der Waals surface area contributed by atoms with Crippen LogP contribution in [0.3, 0.4) is 0 Å². The summed E-state index contributed by atoms with van der Waals surface area (Å²) < 4.78 is 0. The quantitative estimate of drug-likeness (QED) is 0.579.